The first-order valence-corrected chi connectivity index (χ1v) is 9.63. The first-order valence-electron chi connectivity index (χ1n) is 9.63. The molecule has 0 aliphatic rings. The molecule has 5 nitrogen and oxygen atoms in total. The van der Waals surface area contributed by atoms with Gasteiger partial charge in [-0.2, -0.15) is 10.4 Å². The van der Waals surface area contributed by atoms with Gasteiger partial charge in [0.15, 0.2) is 0 Å². The maximum atomic E-state index is 12.1. The van der Waals surface area contributed by atoms with E-state index in [4.69, 9.17) is 10.00 Å². The topological polar surface area (TPSA) is 74.5 Å². The molecule has 150 valence electrons. The third kappa shape index (κ3) is 6.05. The smallest absolute Gasteiger partial charge is 0.244 e. The van der Waals surface area contributed by atoms with Gasteiger partial charge in [-0.25, -0.2) is 5.43 Å². The van der Waals surface area contributed by atoms with Crippen LogP contribution in [-0.2, 0) is 17.8 Å². The van der Waals surface area contributed by atoms with E-state index in [0.29, 0.717) is 17.9 Å². The number of aryl methyl sites for hydroxylation is 2. The molecule has 0 saturated heterocycles. The van der Waals surface area contributed by atoms with E-state index in [1.165, 1.54) is 5.56 Å². The summed E-state index contributed by atoms with van der Waals surface area (Å²) in [6, 6.07) is 22.9. The van der Waals surface area contributed by atoms with Crippen LogP contribution in [0.25, 0.3) is 0 Å². The number of hydrogen-bond acceptors (Lipinski definition) is 4. The summed E-state index contributed by atoms with van der Waals surface area (Å²) in [5, 5.41) is 12.9. The summed E-state index contributed by atoms with van der Waals surface area (Å²) in [7, 11) is 0. The minimum absolute atomic E-state index is 0.161. The second kappa shape index (κ2) is 10.0. The molecule has 0 spiro atoms. The Morgan fingerprint density at radius 2 is 1.90 bits per heavy atom. The second-order valence-corrected chi connectivity index (χ2v) is 7.07. The van der Waals surface area contributed by atoms with Crippen molar-refractivity contribution in [3.05, 3.63) is 100 Å². The molecule has 1 N–H and O–H groups in total. The molecular formula is C25H23N3O2. The van der Waals surface area contributed by atoms with Crippen molar-refractivity contribution in [3.8, 4) is 11.8 Å². The number of hydrogen-bond donors (Lipinski definition) is 1. The molecule has 3 rings (SSSR count). The molecule has 0 radical (unpaired) electrons. The van der Waals surface area contributed by atoms with Crippen LogP contribution in [0.1, 0.15) is 33.4 Å². The molecule has 0 aromatic heterocycles. The zero-order valence-electron chi connectivity index (χ0n) is 17.1. The molecule has 0 aliphatic heterocycles. The van der Waals surface area contributed by atoms with Crippen molar-refractivity contribution in [2.45, 2.75) is 26.9 Å². The summed E-state index contributed by atoms with van der Waals surface area (Å²) >= 11 is 0. The van der Waals surface area contributed by atoms with Crippen molar-refractivity contribution in [1.29, 1.82) is 5.26 Å². The molecule has 0 bridgehead atoms. The molecular weight excluding hydrogens is 374 g/mol. The number of nitrogens with zero attached hydrogens (tertiary/aromatic N) is 2. The summed E-state index contributed by atoms with van der Waals surface area (Å²) in [5.74, 6) is 0.538. The highest BCUT2D eigenvalue weighted by molar-refractivity contribution is 5.83. The van der Waals surface area contributed by atoms with E-state index >= 15 is 0 Å². The van der Waals surface area contributed by atoms with E-state index in [-0.39, 0.29) is 12.3 Å². The van der Waals surface area contributed by atoms with Crippen LogP contribution < -0.4 is 10.2 Å². The van der Waals surface area contributed by atoms with E-state index in [1.807, 2.05) is 62.4 Å². The molecule has 0 unspecified atom stereocenters. The predicted molar refractivity (Wildman–Crippen MR) is 117 cm³/mol. The number of amides is 1. The molecule has 0 aliphatic carbocycles. The highest BCUT2D eigenvalue weighted by Gasteiger charge is 2.05. The third-order valence-electron chi connectivity index (χ3n) is 4.60. The van der Waals surface area contributed by atoms with E-state index in [0.717, 1.165) is 22.3 Å². The fraction of sp³-hybridized carbons (Fsp3) is 0.160. The number of rotatable bonds is 7. The van der Waals surface area contributed by atoms with Crippen molar-refractivity contribution in [2.75, 3.05) is 0 Å². The van der Waals surface area contributed by atoms with Crippen molar-refractivity contribution in [1.82, 2.24) is 5.43 Å². The fourth-order valence-corrected chi connectivity index (χ4v) is 2.96. The normalized spacial score (nSPS) is 10.6. The lowest BCUT2D eigenvalue weighted by Crippen LogP contribution is -2.20. The fourth-order valence-electron chi connectivity index (χ4n) is 2.96. The van der Waals surface area contributed by atoms with Gasteiger partial charge in [-0.1, -0.05) is 48.0 Å². The van der Waals surface area contributed by atoms with Crippen LogP contribution in [0.4, 0.5) is 0 Å². The van der Waals surface area contributed by atoms with Gasteiger partial charge < -0.3 is 4.74 Å². The van der Waals surface area contributed by atoms with Crippen LogP contribution in [-0.4, -0.2) is 12.1 Å². The third-order valence-corrected chi connectivity index (χ3v) is 4.60. The largest absolute Gasteiger partial charge is 0.489 e. The Morgan fingerprint density at radius 1 is 1.10 bits per heavy atom. The van der Waals surface area contributed by atoms with Crippen molar-refractivity contribution in [3.63, 3.8) is 0 Å². The average Bonchev–Trinajstić information content (AvgIpc) is 2.75. The van der Waals surface area contributed by atoms with Crippen LogP contribution in [0, 0.1) is 25.2 Å². The van der Waals surface area contributed by atoms with E-state index in [2.05, 4.69) is 22.7 Å². The summed E-state index contributed by atoms with van der Waals surface area (Å²) < 4.78 is 5.80. The minimum atomic E-state index is -0.161. The van der Waals surface area contributed by atoms with Gasteiger partial charge in [0.1, 0.15) is 12.4 Å². The first kappa shape index (κ1) is 20.8. The average molecular weight is 397 g/mol. The molecule has 1 amide bonds. The zero-order valence-corrected chi connectivity index (χ0v) is 17.1. The van der Waals surface area contributed by atoms with E-state index < -0.39 is 0 Å². The van der Waals surface area contributed by atoms with Gasteiger partial charge in [0.05, 0.1) is 24.3 Å². The monoisotopic (exact) mass is 397 g/mol. The molecule has 3 aromatic carbocycles. The summed E-state index contributed by atoms with van der Waals surface area (Å²) in [5.41, 5.74) is 8.26. The quantitative estimate of drug-likeness (QED) is 0.473. The second-order valence-electron chi connectivity index (χ2n) is 7.07. The standard InChI is InChI=1S/C25H23N3O2/c1-18-6-11-23(19(2)12-18)14-25(29)28-27-16-22-4-3-5-24(13-22)30-17-21-9-7-20(15-26)8-10-21/h3-13,16H,14,17H2,1-2H3,(H,28,29)/b27-16+. The predicted octanol–water partition coefficient (Wildman–Crippen LogP) is 4.45. The number of carbonyl (C=O) groups excluding carboxylic acids is 1. The van der Waals surface area contributed by atoms with Gasteiger partial charge in [0, 0.05) is 0 Å². The molecule has 3 aromatic rings. The molecule has 0 heterocycles. The summed E-state index contributed by atoms with van der Waals surface area (Å²) in [6.07, 6.45) is 1.88. The maximum absolute atomic E-state index is 12.1. The maximum Gasteiger partial charge on any atom is 0.244 e. The van der Waals surface area contributed by atoms with E-state index in [1.54, 1.807) is 18.3 Å². The zero-order chi connectivity index (χ0) is 21.3. The summed E-state index contributed by atoms with van der Waals surface area (Å²) in [6.45, 7) is 4.44. The SMILES string of the molecule is Cc1ccc(CC(=O)N/N=C/c2cccc(OCc3ccc(C#N)cc3)c2)c(C)c1. The van der Waals surface area contributed by atoms with Crippen molar-refractivity contribution < 1.29 is 9.53 Å². The Bertz CT molecular complexity index is 1100. The lowest BCUT2D eigenvalue weighted by Gasteiger charge is -2.07. The number of nitrogens with one attached hydrogen (secondary N) is 1. The van der Waals surface area contributed by atoms with Crippen molar-refractivity contribution >= 4 is 12.1 Å². The van der Waals surface area contributed by atoms with Gasteiger partial charge in [0.25, 0.3) is 0 Å². The Kier molecular flexibility index (Phi) is 6.96. The number of ether oxygens (including phenoxy) is 1. The molecule has 0 atom stereocenters. The Morgan fingerprint density at radius 3 is 2.63 bits per heavy atom. The molecule has 5 heteroatoms. The Hall–Kier alpha value is -3.91. The molecule has 30 heavy (non-hydrogen) atoms. The van der Waals surface area contributed by atoms with Crippen LogP contribution in [0.2, 0.25) is 0 Å². The van der Waals surface area contributed by atoms with Crippen molar-refractivity contribution in [2.24, 2.45) is 5.10 Å². The van der Waals surface area contributed by atoms with Crippen LogP contribution >= 0.6 is 0 Å². The lowest BCUT2D eigenvalue weighted by atomic mass is 10.0. The van der Waals surface area contributed by atoms with Gasteiger partial charge in [-0.3, -0.25) is 4.79 Å². The van der Waals surface area contributed by atoms with Crippen LogP contribution in [0.15, 0.2) is 71.8 Å². The number of carbonyl (C=O) groups is 1. The Balaban J connectivity index is 1.53. The summed E-state index contributed by atoms with van der Waals surface area (Å²) in [4.78, 5) is 12.1. The van der Waals surface area contributed by atoms with Gasteiger partial charge in [0.2, 0.25) is 5.91 Å². The molecule has 0 saturated carbocycles. The van der Waals surface area contributed by atoms with E-state index in [9.17, 15) is 4.79 Å². The van der Waals surface area contributed by atoms with Crippen LogP contribution in [0.3, 0.4) is 0 Å². The van der Waals surface area contributed by atoms with Gasteiger partial charge >= 0.3 is 0 Å². The number of benzene rings is 3. The van der Waals surface area contributed by atoms with Gasteiger partial charge in [-0.15, -0.1) is 0 Å². The number of hydrazone groups is 1. The van der Waals surface area contributed by atoms with Gasteiger partial charge in [-0.05, 0) is 60.4 Å². The van der Waals surface area contributed by atoms with Crippen LogP contribution in [0.5, 0.6) is 5.75 Å². The highest BCUT2D eigenvalue weighted by Crippen LogP contribution is 2.15. The number of nitriles is 1. The minimum Gasteiger partial charge on any atom is -0.489 e. The Labute approximate surface area is 176 Å². The first-order chi connectivity index (χ1) is 14.5. The highest BCUT2D eigenvalue weighted by atomic mass is 16.5. The lowest BCUT2D eigenvalue weighted by molar-refractivity contribution is -0.120. The molecule has 0 fully saturated rings.